The molecule has 0 radical (unpaired) electrons. The summed E-state index contributed by atoms with van der Waals surface area (Å²) in [5, 5.41) is 3.30. The number of ether oxygens (including phenoxy) is 1. The van der Waals surface area contributed by atoms with Gasteiger partial charge in [0.25, 0.3) is 0 Å². The van der Waals surface area contributed by atoms with Crippen LogP contribution in [-0.2, 0) is 50.3 Å². The highest BCUT2D eigenvalue weighted by Gasteiger charge is 2.32. The Hall–Kier alpha value is -3.49. The zero-order valence-corrected chi connectivity index (χ0v) is 41.1. The Balaban J connectivity index is 0.000000193. The van der Waals surface area contributed by atoms with Crippen molar-refractivity contribution in [3.63, 3.8) is 0 Å². The third-order valence-electron chi connectivity index (χ3n) is 12.6. The van der Waals surface area contributed by atoms with Gasteiger partial charge in [-0.3, -0.25) is 0 Å². The number of hydrogen-bond acceptors (Lipinski definition) is 9. The molecule has 2 aromatic heterocycles. The van der Waals surface area contributed by atoms with Crippen LogP contribution in [0.3, 0.4) is 0 Å². The van der Waals surface area contributed by atoms with Crippen molar-refractivity contribution < 1.29 is 26.4 Å². The predicted octanol–water partition coefficient (Wildman–Crippen LogP) is 9.26. The SMILES string of the molecule is CC(C)(C)Cc1nc2cc(S(=O)(=O)CC3CCN(C(=O)OC(C)(C)C)CC3)ccc2n1CC1CC1.CC(C)(C)Cc1nc2cc(S(=O)(=O)CC3CCNCC3)ccc2n1CC1CC1. The van der Waals surface area contributed by atoms with Gasteiger partial charge in [-0.25, -0.2) is 31.6 Å². The molecule has 0 spiro atoms. The Morgan fingerprint density at radius 2 is 1.03 bits per heavy atom. The summed E-state index contributed by atoms with van der Waals surface area (Å²) in [6, 6.07) is 11.0. The van der Waals surface area contributed by atoms with Crippen molar-refractivity contribution >= 4 is 47.8 Å². The van der Waals surface area contributed by atoms with Crippen molar-refractivity contribution in [1.82, 2.24) is 29.3 Å². The smallest absolute Gasteiger partial charge is 0.410 e. The molecule has 2 aliphatic heterocycles. The van der Waals surface area contributed by atoms with Crippen LogP contribution in [0.5, 0.6) is 0 Å². The van der Waals surface area contributed by atoms with Crippen LogP contribution in [0.2, 0.25) is 0 Å². The number of benzene rings is 2. The topological polar surface area (TPSA) is 145 Å². The minimum atomic E-state index is -3.45. The molecule has 348 valence electrons. The van der Waals surface area contributed by atoms with Crippen molar-refractivity contribution in [3.8, 4) is 0 Å². The molecule has 4 fully saturated rings. The first-order valence-electron chi connectivity index (χ1n) is 23.5. The summed E-state index contributed by atoms with van der Waals surface area (Å²) >= 11 is 0. The molecule has 0 atom stereocenters. The van der Waals surface area contributed by atoms with Crippen LogP contribution < -0.4 is 5.32 Å². The van der Waals surface area contributed by atoms with Gasteiger partial charge in [-0.1, -0.05) is 41.5 Å². The zero-order chi connectivity index (χ0) is 45.5. The van der Waals surface area contributed by atoms with E-state index in [1.807, 2.05) is 32.9 Å². The maximum atomic E-state index is 13.3. The number of piperidine rings is 2. The van der Waals surface area contributed by atoms with Gasteiger partial charge in [0, 0.05) is 39.0 Å². The maximum Gasteiger partial charge on any atom is 0.410 e. The second-order valence-electron chi connectivity index (χ2n) is 22.6. The molecule has 0 unspecified atom stereocenters. The molecule has 4 aliphatic rings. The number of likely N-dealkylation sites (tertiary alicyclic amines) is 1. The number of nitrogens with zero attached hydrogens (tertiary/aromatic N) is 5. The van der Waals surface area contributed by atoms with E-state index in [9.17, 15) is 21.6 Å². The number of nitrogens with one attached hydrogen (secondary N) is 1. The summed E-state index contributed by atoms with van der Waals surface area (Å²) in [7, 11) is -6.73. The second kappa shape index (κ2) is 18.4. The quantitative estimate of drug-likeness (QED) is 0.147. The van der Waals surface area contributed by atoms with Crippen LogP contribution >= 0.6 is 0 Å². The van der Waals surface area contributed by atoms with Gasteiger partial charge in [0.15, 0.2) is 19.7 Å². The average molecular weight is 907 g/mol. The molecule has 63 heavy (non-hydrogen) atoms. The van der Waals surface area contributed by atoms with E-state index in [-0.39, 0.29) is 40.3 Å². The zero-order valence-electron chi connectivity index (χ0n) is 39.5. The molecule has 1 amide bonds. The van der Waals surface area contributed by atoms with E-state index < -0.39 is 25.3 Å². The predicted molar refractivity (Wildman–Crippen MR) is 251 cm³/mol. The molecule has 4 heterocycles. The summed E-state index contributed by atoms with van der Waals surface area (Å²) < 4.78 is 62.7. The van der Waals surface area contributed by atoms with Crippen LogP contribution in [0.15, 0.2) is 46.2 Å². The third kappa shape index (κ3) is 13.1. The Morgan fingerprint density at radius 1 is 0.619 bits per heavy atom. The van der Waals surface area contributed by atoms with Crippen molar-refractivity contribution in [2.75, 3.05) is 37.7 Å². The molecule has 4 aromatic rings. The molecule has 2 aliphatic carbocycles. The molecule has 1 N–H and O–H groups in total. The minimum absolute atomic E-state index is 0.0262. The normalized spacial score (nSPS) is 18.8. The Bertz CT molecular complexity index is 2470. The minimum Gasteiger partial charge on any atom is -0.444 e. The summed E-state index contributed by atoms with van der Waals surface area (Å²) in [6.45, 7) is 23.7. The first-order valence-corrected chi connectivity index (χ1v) is 26.8. The number of hydrogen-bond donors (Lipinski definition) is 1. The maximum absolute atomic E-state index is 13.3. The third-order valence-corrected chi connectivity index (χ3v) is 16.4. The van der Waals surface area contributed by atoms with E-state index >= 15 is 0 Å². The lowest BCUT2D eigenvalue weighted by Crippen LogP contribution is -2.42. The molecular formula is C49H74N6O6S2. The van der Waals surface area contributed by atoms with Crippen molar-refractivity contribution in [2.45, 2.75) is 155 Å². The van der Waals surface area contributed by atoms with E-state index in [2.05, 4.69) is 56.0 Å². The van der Waals surface area contributed by atoms with Gasteiger partial charge in [0.2, 0.25) is 0 Å². The van der Waals surface area contributed by atoms with Gasteiger partial charge in [0.1, 0.15) is 17.2 Å². The number of rotatable bonds is 12. The fraction of sp³-hybridized carbons (Fsp3) is 0.694. The number of amides is 1. The number of sulfone groups is 2. The monoisotopic (exact) mass is 907 g/mol. The van der Waals surface area contributed by atoms with Gasteiger partial charge in [-0.2, -0.15) is 0 Å². The highest BCUT2D eigenvalue weighted by Crippen LogP contribution is 2.36. The van der Waals surface area contributed by atoms with E-state index in [1.165, 1.54) is 25.7 Å². The lowest BCUT2D eigenvalue weighted by atomic mass is 9.92. The molecule has 2 aromatic carbocycles. The molecule has 2 saturated heterocycles. The van der Waals surface area contributed by atoms with Gasteiger partial charge >= 0.3 is 6.09 Å². The van der Waals surface area contributed by atoms with E-state index in [1.54, 1.807) is 29.2 Å². The van der Waals surface area contributed by atoms with Crippen LogP contribution in [0, 0.1) is 34.5 Å². The molecule has 0 bridgehead atoms. The molecule has 12 nitrogen and oxygen atoms in total. The first-order chi connectivity index (χ1) is 29.4. The van der Waals surface area contributed by atoms with Gasteiger partial charge < -0.3 is 24.1 Å². The first kappa shape index (κ1) is 47.5. The number of carbonyl (C=O) groups excluding carboxylic acids is 1. The van der Waals surface area contributed by atoms with Crippen LogP contribution in [0.4, 0.5) is 4.79 Å². The fourth-order valence-electron chi connectivity index (χ4n) is 8.92. The number of carbonyl (C=O) groups is 1. The van der Waals surface area contributed by atoms with Gasteiger partial charge in [0.05, 0.1) is 43.4 Å². The summed E-state index contributed by atoms with van der Waals surface area (Å²) in [6.07, 6.45) is 9.71. The lowest BCUT2D eigenvalue weighted by Gasteiger charge is -2.33. The summed E-state index contributed by atoms with van der Waals surface area (Å²) in [5.74, 6) is 4.21. The van der Waals surface area contributed by atoms with Crippen LogP contribution in [-0.4, -0.2) is 90.2 Å². The highest BCUT2D eigenvalue weighted by atomic mass is 32.2. The van der Waals surface area contributed by atoms with Crippen molar-refractivity contribution in [2.24, 2.45) is 34.5 Å². The Labute approximate surface area is 377 Å². The van der Waals surface area contributed by atoms with Crippen LogP contribution in [0.25, 0.3) is 22.1 Å². The average Bonchev–Trinajstić information content (AvgIpc) is 4.11. The van der Waals surface area contributed by atoms with E-state index in [0.717, 1.165) is 91.5 Å². The lowest BCUT2D eigenvalue weighted by molar-refractivity contribution is 0.0191. The molecular weight excluding hydrogens is 833 g/mol. The van der Waals surface area contributed by atoms with Crippen molar-refractivity contribution in [3.05, 3.63) is 48.0 Å². The van der Waals surface area contributed by atoms with Crippen molar-refractivity contribution in [1.29, 1.82) is 0 Å². The van der Waals surface area contributed by atoms with Gasteiger partial charge in [-0.15, -0.1) is 0 Å². The summed E-state index contributed by atoms with van der Waals surface area (Å²) in [4.78, 5) is 24.6. The Morgan fingerprint density at radius 3 is 1.41 bits per heavy atom. The second-order valence-corrected chi connectivity index (χ2v) is 26.7. The number of fused-ring (bicyclic) bond motifs is 2. The van der Waals surface area contributed by atoms with Crippen LogP contribution in [0.1, 0.15) is 125 Å². The number of aromatic nitrogens is 4. The van der Waals surface area contributed by atoms with E-state index in [4.69, 9.17) is 14.7 Å². The Kier molecular flexibility index (Phi) is 13.9. The molecule has 2 saturated carbocycles. The van der Waals surface area contributed by atoms with Gasteiger partial charge in [-0.05, 0) is 156 Å². The van der Waals surface area contributed by atoms with E-state index in [0.29, 0.717) is 41.6 Å². The largest absolute Gasteiger partial charge is 0.444 e. The molecule has 14 heteroatoms. The standard InChI is InChI=1S/C27H41N3O4S.C22H33N3O2S/c1-26(2,3)16-24-28-22-15-21(9-10-23(22)30(24)17-19-7-8-19)35(32,33)18-20-11-13-29(14-12-20)25(31)34-27(4,5)6;1-22(2,3)13-21-24-19-12-18(6-7-20(19)25(21)14-16-4-5-16)28(26,27)15-17-8-10-23-11-9-17/h9-10,15,19-20H,7-8,11-14,16-18H2,1-6H3;6-7,12,16-17,23H,4-5,8-11,13-15H2,1-3H3. The number of imidazole rings is 2. The fourth-order valence-corrected chi connectivity index (χ4v) is 12.3. The molecule has 8 rings (SSSR count). The highest BCUT2D eigenvalue weighted by molar-refractivity contribution is 7.91. The summed E-state index contributed by atoms with van der Waals surface area (Å²) in [5.41, 5.74) is 3.41.